The fourth-order valence-electron chi connectivity index (χ4n) is 3.53. The van der Waals surface area contributed by atoms with Gasteiger partial charge in [0.15, 0.2) is 5.78 Å². The van der Waals surface area contributed by atoms with E-state index in [0.29, 0.717) is 24.0 Å². The SMILES string of the molecule is C=CCCC(=O)C1=CC2CCCCC2C(C)C1. The second kappa shape index (κ2) is 5.66. The maximum absolute atomic E-state index is 12.1. The molecule has 3 unspecified atom stereocenters. The Morgan fingerprint density at radius 1 is 1.47 bits per heavy atom. The average Bonchev–Trinajstić information content (AvgIpc) is 2.36. The van der Waals surface area contributed by atoms with Crippen LogP contribution in [-0.2, 0) is 4.79 Å². The minimum atomic E-state index is 0.362. The molecule has 2 rings (SSSR count). The summed E-state index contributed by atoms with van der Waals surface area (Å²) in [6.45, 7) is 6.02. The van der Waals surface area contributed by atoms with E-state index in [4.69, 9.17) is 0 Å². The molecule has 0 N–H and O–H groups in total. The monoisotopic (exact) mass is 232 g/mol. The summed E-state index contributed by atoms with van der Waals surface area (Å²) in [6, 6.07) is 0. The van der Waals surface area contributed by atoms with Crippen molar-refractivity contribution >= 4 is 5.78 Å². The number of rotatable bonds is 4. The van der Waals surface area contributed by atoms with Gasteiger partial charge >= 0.3 is 0 Å². The van der Waals surface area contributed by atoms with Crippen molar-refractivity contribution in [2.45, 2.75) is 51.9 Å². The van der Waals surface area contributed by atoms with Crippen LogP contribution in [-0.4, -0.2) is 5.78 Å². The van der Waals surface area contributed by atoms with Gasteiger partial charge in [-0.15, -0.1) is 6.58 Å². The highest BCUT2D eigenvalue weighted by molar-refractivity contribution is 5.95. The minimum Gasteiger partial charge on any atom is -0.295 e. The van der Waals surface area contributed by atoms with Gasteiger partial charge in [0.2, 0.25) is 0 Å². The maximum atomic E-state index is 12.1. The lowest BCUT2D eigenvalue weighted by molar-refractivity contribution is -0.116. The third-order valence-corrected chi connectivity index (χ3v) is 4.50. The van der Waals surface area contributed by atoms with Crippen LogP contribution in [0.5, 0.6) is 0 Å². The Labute approximate surface area is 105 Å². The molecule has 2 aliphatic rings. The molecule has 94 valence electrons. The van der Waals surface area contributed by atoms with Gasteiger partial charge in [-0.05, 0) is 49.0 Å². The molecular weight excluding hydrogens is 208 g/mol. The Balaban J connectivity index is 2.05. The zero-order valence-electron chi connectivity index (χ0n) is 11.0. The number of hydrogen-bond donors (Lipinski definition) is 0. The van der Waals surface area contributed by atoms with Crippen LogP contribution in [0, 0.1) is 17.8 Å². The van der Waals surface area contributed by atoms with Gasteiger partial charge in [-0.25, -0.2) is 0 Å². The van der Waals surface area contributed by atoms with Crippen molar-refractivity contribution in [1.29, 1.82) is 0 Å². The van der Waals surface area contributed by atoms with Gasteiger partial charge in [0.25, 0.3) is 0 Å². The van der Waals surface area contributed by atoms with Gasteiger partial charge in [0, 0.05) is 6.42 Å². The van der Waals surface area contributed by atoms with Gasteiger partial charge in [-0.3, -0.25) is 4.79 Å². The molecule has 1 fully saturated rings. The van der Waals surface area contributed by atoms with Crippen LogP contribution < -0.4 is 0 Å². The second-order valence-corrected chi connectivity index (χ2v) is 5.74. The molecule has 2 aliphatic carbocycles. The molecule has 0 saturated heterocycles. The lowest BCUT2D eigenvalue weighted by Gasteiger charge is -2.38. The van der Waals surface area contributed by atoms with Crippen molar-refractivity contribution in [3.05, 3.63) is 24.3 Å². The molecule has 0 heterocycles. The number of ketones is 1. The molecule has 0 bridgehead atoms. The number of hydrogen-bond acceptors (Lipinski definition) is 1. The summed E-state index contributed by atoms with van der Waals surface area (Å²) in [5.74, 6) is 2.60. The van der Waals surface area contributed by atoms with Crippen molar-refractivity contribution < 1.29 is 4.79 Å². The normalized spacial score (nSPS) is 32.5. The summed E-state index contributed by atoms with van der Waals surface area (Å²) < 4.78 is 0. The Morgan fingerprint density at radius 3 is 3.00 bits per heavy atom. The molecular formula is C16H24O. The van der Waals surface area contributed by atoms with E-state index in [2.05, 4.69) is 19.6 Å². The summed E-state index contributed by atoms with van der Waals surface area (Å²) in [7, 11) is 0. The molecule has 1 saturated carbocycles. The molecule has 0 spiro atoms. The smallest absolute Gasteiger partial charge is 0.158 e. The first-order valence-corrected chi connectivity index (χ1v) is 7.07. The summed E-state index contributed by atoms with van der Waals surface area (Å²) in [4.78, 5) is 12.1. The molecule has 17 heavy (non-hydrogen) atoms. The molecule has 1 heteroatoms. The molecule has 0 aromatic carbocycles. The largest absolute Gasteiger partial charge is 0.295 e. The Hall–Kier alpha value is -0.850. The number of allylic oxidation sites excluding steroid dienone is 3. The van der Waals surface area contributed by atoms with Crippen LogP contribution in [0.25, 0.3) is 0 Å². The molecule has 0 aromatic rings. The lowest BCUT2D eigenvalue weighted by atomic mass is 9.67. The quantitative estimate of drug-likeness (QED) is 0.661. The Bertz CT molecular complexity index is 326. The van der Waals surface area contributed by atoms with Crippen molar-refractivity contribution in [3.63, 3.8) is 0 Å². The number of Topliss-reactive ketones (excluding diaryl/α,β-unsaturated/α-hetero) is 1. The van der Waals surface area contributed by atoms with Crippen molar-refractivity contribution in [1.82, 2.24) is 0 Å². The number of fused-ring (bicyclic) bond motifs is 1. The van der Waals surface area contributed by atoms with Crippen LogP contribution in [0.1, 0.15) is 51.9 Å². The Morgan fingerprint density at radius 2 is 2.24 bits per heavy atom. The topological polar surface area (TPSA) is 17.1 Å². The van der Waals surface area contributed by atoms with E-state index >= 15 is 0 Å². The molecule has 0 radical (unpaired) electrons. The zero-order valence-corrected chi connectivity index (χ0v) is 11.0. The zero-order chi connectivity index (χ0) is 12.3. The predicted octanol–water partition coefficient (Wildman–Crippen LogP) is 4.29. The first-order chi connectivity index (χ1) is 8.22. The average molecular weight is 232 g/mol. The van der Waals surface area contributed by atoms with Crippen molar-refractivity contribution in [2.75, 3.05) is 0 Å². The van der Waals surface area contributed by atoms with Crippen LogP contribution in [0.3, 0.4) is 0 Å². The van der Waals surface area contributed by atoms with E-state index in [9.17, 15) is 4.79 Å². The third-order valence-electron chi connectivity index (χ3n) is 4.50. The first-order valence-electron chi connectivity index (χ1n) is 7.07. The Kier molecular flexibility index (Phi) is 4.20. The van der Waals surface area contributed by atoms with Gasteiger partial charge < -0.3 is 0 Å². The minimum absolute atomic E-state index is 0.362. The van der Waals surface area contributed by atoms with E-state index in [0.717, 1.165) is 24.3 Å². The third kappa shape index (κ3) is 2.88. The fourth-order valence-corrected chi connectivity index (χ4v) is 3.53. The van der Waals surface area contributed by atoms with E-state index in [1.165, 1.54) is 25.7 Å². The highest BCUT2D eigenvalue weighted by Gasteiger charge is 2.33. The predicted molar refractivity (Wildman–Crippen MR) is 71.8 cm³/mol. The van der Waals surface area contributed by atoms with Crippen molar-refractivity contribution in [3.8, 4) is 0 Å². The standard InChI is InChI=1S/C16H24O/c1-3-4-9-16(17)14-10-12(2)15-8-6-5-7-13(15)11-14/h3,11-13,15H,1,4-10H2,2H3. The summed E-state index contributed by atoms with van der Waals surface area (Å²) in [6.07, 6.45) is 12.0. The van der Waals surface area contributed by atoms with Crippen LogP contribution in [0.4, 0.5) is 0 Å². The highest BCUT2D eigenvalue weighted by atomic mass is 16.1. The first kappa shape index (κ1) is 12.6. The van der Waals surface area contributed by atoms with E-state index < -0.39 is 0 Å². The summed E-state index contributed by atoms with van der Waals surface area (Å²) in [5, 5.41) is 0. The molecule has 3 atom stereocenters. The number of carbonyl (C=O) groups excluding carboxylic acids is 1. The van der Waals surface area contributed by atoms with Crippen LogP contribution >= 0.6 is 0 Å². The van der Waals surface area contributed by atoms with Crippen molar-refractivity contribution in [2.24, 2.45) is 17.8 Å². The molecule has 0 amide bonds. The van der Waals surface area contributed by atoms with Crippen LogP contribution in [0.2, 0.25) is 0 Å². The van der Waals surface area contributed by atoms with Crippen LogP contribution in [0.15, 0.2) is 24.3 Å². The van der Waals surface area contributed by atoms with Gasteiger partial charge in [0.05, 0.1) is 0 Å². The maximum Gasteiger partial charge on any atom is 0.158 e. The van der Waals surface area contributed by atoms with Gasteiger partial charge in [0.1, 0.15) is 0 Å². The molecule has 0 aliphatic heterocycles. The summed E-state index contributed by atoms with van der Waals surface area (Å²) in [5.41, 5.74) is 1.11. The van der Waals surface area contributed by atoms with E-state index in [1.807, 2.05) is 6.08 Å². The number of carbonyl (C=O) groups is 1. The summed E-state index contributed by atoms with van der Waals surface area (Å²) >= 11 is 0. The molecule has 1 nitrogen and oxygen atoms in total. The second-order valence-electron chi connectivity index (χ2n) is 5.74. The van der Waals surface area contributed by atoms with E-state index in [-0.39, 0.29) is 0 Å². The lowest BCUT2D eigenvalue weighted by Crippen LogP contribution is -2.29. The van der Waals surface area contributed by atoms with Gasteiger partial charge in [-0.2, -0.15) is 0 Å². The highest BCUT2D eigenvalue weighted by Crippen LogP contribution is 2.42. The fraction of sp³-hybridized carbons (Fsp3) is 0.688. The molecule has 0 aromatic heterocycles. The van der Waals surface area contributed by atoms with Gasteiger partial charge in [-0.1, -0.05) is 31.9 Å². The van der Waals surface area contributed by atoms with E-state index in [1.54, 1.807) is 0 Å².